The number of nitrogens with zero attached hydrogens (tertiary/aromatic N) is 2. The standard InChI is InChI=1S/C23H21N3O3/c1-29-23(28)17-7-4-8-20(13-17)25-21-10-9-18(14-24-21)22(27)26-12-11-16-5-2-3-6-19(16)15-26/h2-10,13-14H,11-12,15H2,1H3,(H,24,25). The van der Waals surface area contributed by atoms with Gasteiger partial charge in [0.25, 0.3) is 5.91 Å². The van der Waals surface area contributed by atoms with E-state index in [2.05, 4.69) is 22.4 Å². The molecule has 1 N–H and O–H groups in total. The quantitative estimate of drug-likeness (QED) is 0.690. The Morgan fingerprint density at radius 3 is 2.59 bits per heavy atom. The number of aromatic nitrogens is 1. The summed E-state index contributed by atoms with van der Waals surface area (Å²) in [6.07, 6.45) is 2.45. The van der Waals surface area contributed by atoms with Gasteiger partial charge in [-0.2, -0.15) is 0 Å². The van der Waals surface area contributed by atoms with Gasteiger partial charge in [0, 0.05) is 25.0 Å². The molecule has 146 valence electrons. The number of amides is 1. The molecule has 0 atom stereocenters. The Bertz CT molecular complexity index is 1050. The highest BCUT2D eigenvalue weighted by Gasteiger charge is 2.21. The number of ether oxygens (including phenoxy) is 1. The number of carbonyl (C=O) groups excluding carboxylic acids is 2. The zero-order chi connectivity index (χ0) is 20.2. The van der Waals surface area contributed by atoms with Crippen LogP contribution in [0.25, 0.3) is 0 Å². The lowest BCUT2D eigenvalue weighted by molar-refractivity contribution is 0.0600. The molecule has 0 unspecified atom stereocenters. The van der Waals surface area contributed by atoms with Crippen LogP contribution >= 0.6 is 0 Å². The molecular formula is C23H21N3O3. The molecule has 29 heavy (non-hydrogen) atoms. The third-order valence-electron chi connectivity index (χ3n) is 4.98. The Morgan fingerprint density at radius 1 is 1.00 bits per heavy atom. The summed E-state index contributed by atoms with van der Waals surface area (Å²) >= 11 is 0. The van der Waals surface area contributed by atoms with Gasteiger partial charge in [0.15, 0.2) is 0 Å². The van der Waals surface area contributed by atoms with Crippen LogP contribution in [0.15, 0.2) is 66.9 Å². The van der Waals surface area contributed by atoms with Crippen LogP contribution in [0, 0.1) is 0 Å². The number of anilines is 2. The molecule has 0 saturated carbocycles. The first-order valence-electron chi connectivity index (χ1n) is 9.41. The number of benzene rings is 2. The predicted octanol–water partition coefficient (Wildman–Crippen LogP) is 3.81. The van der Waals surface area contributed by atoms with Gasteiger partial charge in [0.1, 0.15) is 5.82 Å². The molecule has 0 radical (unpaired) electrons. The van der Waals surface area contributed by atoms with Gasteiger partial charge >= 0.3 is 5.97 Å². The molecular weight excluding hydrogens is 366 g/mol. The van der Waals surface area contributed by atoms with Crippen molar-refractivity contribution in [1.29, 1.82) is 0 Å². The molecule has 0 bridgehead atoms. The summed E-state index contributed by atoms with van der Waals surface area (Å²) in [5, 5.41) is 3.14. The van der Waals surface area contributed by atoms with Crippen LogP contribution in [0.4, 0.5) is 11.5 Å². The first-order valence-corrected chi connectivity index (χ1v) is 9.41. The molecule has 0 fully saturated rings. The summed E-state index contributed by atoms with van der Waals surface area (Å²) < 4.78 is 4.74. The topological polar surface area (TPSA) is 71.5 Å². The maximum Gasteiger partial charge on any atom is 0.337 e. The Balaban J connectivity index is 1.44. The highest BCUT2D eigenvalue weighted by atomic mass is 16.5. The van der Waals surface area contributed by atoms with E-state index in [0.29, 0.717) is 35.7 Å². The van der Waals surface area contributed by atoms with E-state index in [-0.39, 0.29) is 5.91 Å². The second kappa shape index (κ2) is 8.14. The van der Waals surface area contributed by atoms with E-state index >= 15 is 0 Å². The molecule has 2 aromatic carbocycles. The molecule has 1 amide bonds. The van der Waals surface area contributed by atoms with Crippen molar-refractivity contribution in [3.63, 3.8) is 0 Å². The van der Waals surface area contributed by atoms with Crippen molar-refractivity contribution in [2.24, 2.45) is 0 Å². The van der Waals surface area contributed by atoms with Crippen LogP contribution in [-0.2, 0) is 17.7 Å². The van der Waals surface area contributed by atoms with Crippen molar-refractivity contribution < 1.29 is 14.3 Å². The maximum absolute atomic E-state index is 12.8. The molecule has 0 saturated heterocycles. The molecule has 3 aromatic rings. The van der Waals surface area contributed by atoms with Crippen molar-refractivity contribution in [1.82, 2.24) is 9.88 Å². The zero-order valence-electron chi connectivity index (χ0n) is 16.1. The molecule has 6 heteroatoms. The number of pyridine rings is 1. The van der Waals surface area contributed by atoms with E-state index in [9.17, 15) is 9.59 Å². The lowest BCUT2D eigenvalue weighted by Gasteiger charge is -2.28. The third-order valence-corrected chi connectivity index (χ3v) is 4.98. The Morgan fingerprint density at radius 2 is 1.83 bits per heavy atom. The maximum atomic E-state index is 12.8. The van der Waals surface area contributed by atoms with Crippen LogP contribution < -0.4 is 5.32 Å². The van der Waals surface area contributed by atoms with Crippen LogP contribution in [-0.4, -0.2) is 35.4 Å². The highest BCUT2D eigenvalue weighted by Crippen LogP contribution is 2.21. The van der Waals surface area contributed by atoms with Gasteiger partial charge in [-0.1, -0.05) is 30.3 Å². The van der Waals surface area contributed by atoms with Gasteiger partial charge in [-0.25, -0.2) is 9.78 Å². The number of esters is 1. The lowest BCUT2D eigenvalue weighted by atomic mass is 9.99. The Hall–Kier alpha value is -3.67. The second-order valence-corrected chi connectivity index (χ2v) is 6.87. The Kier molecular flexibility index (Phi) is 5.24. The van der Waals surface area contributed by atoms with E-state index in [4.69, 9.17) is 4.74 Å². The summed E-state index contributed by atoms with van der Waals surface area (Å²) in [6, 6.07) is 18.7. The van der Waals surface area contributed by atoms with E-state index < -0.39 is 5.97 Å². The number of methoxy groups -OCH3 is 1. The fourth-order valence-corrected chi connectivity index (χ4v) is 3.44. The van der Waals surface area contributed by atoms with Crippen molar-refractivity contribution >= 4 is 23.4 Å². The monoisotopic (exact) mass is 387 g/mol. The van der Waals surface area contributed by atoms with Gasteiger partial charge in [-0.3, -0.25) is 4.79 Å². The number of hydrogen-bond donors (Lipinski definition) is 1. The minimum atomic E-state index is -0.398. The summed E-state index contributed by atoms with van der Waals surface area (Å²) in [5.74, 6) is 0.171. The number of hydrogen-bond acceptors (Lipinski definition) is 5. The first-order chi connectivity index (χ1) is 14.1. The highest BCUT2D eigenvalue weighted by molar-refractivity contribution is 5.94. The predicted molar refractivity (Wildman–Crippen MR) is 110 cm³/mol. The first kappa shape index (κ1) is 18.7. The van der Waals surface area contributed by atoms with Crippen molar-refractivity contribution in [2.45, 2.75) is 13.0 Å². The summed E-state index contributed by atoms with van der Waals surface area (Å²) in [4.78, 5) is 30.7. The minimum Gasteiger partial charge on any atom is -0.465 e. The van der Waals surface area contributed by atoms with Gasteiger partial charge in [-0.15, -0.1) is 0 Å². The van der Waals surface area contributed by atoms with E-state index in [1.807, 2.05) is 23.1 Å². The van der Waals surface area contributed by atoms with Crippen molar-refractivity contribution in [3.8, 4) is 0 Å². The van der Waals surface area contributed by atoms with Gasteiger partial charge in [-0.05, 0) is 47.9 Å². The smallest absolute Gasteiger partial charge is 0.337 e. The largest absolute Gasteiger partial charge is 0.465 e. The molecule has 6 nitrogen and oxygen atoms in total. The average molecular weight is 387 g/mol. The normalized spacial score (nSPS) is 12.8. The third kappa shape index (κ3) is 4.11. The van der Waals surface area contributed by atoms with Crippen LogP contribution in [0.3, 0.4) is 0 Å². The van der Waals surface area contributed by atoms with Gasteiger partial charge in [0.2, 0.25) is 0 Å². The Labute approximate surface area is 169 Å². The van der Waals surface area contributed by atoms with E-state index in [0.717, 1.165) is 6.42 Å². The van der Waals surface area contributed by atoms with Crippen molar-refractivity contribution in [2.75, 3.05) is 19.0 Å². The van der Waals surface area contributed by atoms with E-state index in [1.165, 1.54) is 18.2 Å². The van der Waals surface area contributed by atoms with Crippen LogP contribution in [0.1, 0.15) is 31.8 Å². The number of rotatable bonds is 4. The minimum absolute atomic E-state index is 0.0220. The SMILES string of the molecule is COC(=O)c1cccc(Nc2ccc(C(=O)N3CCc4ccccc4C3)cn2)c1. The molecule has 1 aliphatic rings. The number of carbonyl (C=O) groups is 2. The van der Waals surface area contributed by atoms with Crippen LogP contribution in [0.5, 0.6) is 0 Å². The summed E-state index contributed by atoms with van der Waals surface area (Å²) in [6.45, 7) is 1.32. The molecule has 1 aliphatic heterocycles. The summed E-state index contributed by atoms with van der Waals surface area (Å²) in [5.41, 5.74) is 4.23. The molecule has 0 spiro atoms. The average Bonchev–Trinajstić information content (AvgIpc) is 2.78. The summed E-state index contributed by atoms with van der Waals surface area (Å²) in [7, 11) is 1.35. The number of nitrogens with one attached hydrogen (secondary N) is 1. The van der Waals surface area contributed by atoms with Gasteiger partial charge in [0.05, 0.1) is 18.2 Å². The van der Waals surface area contributed by atoms with Crippen LogP contribution in [0.2, 0.25) is 0 Å². The zero-order valence-corrected chi connectivity index (χ0v) is 16.1. The lowest BCUT2D eigenvalue weighted by Crippen LogP contribution is -2.35. The molecule has 1 aromatic heterocycles. The second-order valence-electron chi connectivity index (χ2n) is 6.87. The number of fused-ring (bicyclic) bond motifs is 1. The van der Waals surface area contributed by atoms with Gasteiger partial charge < -0.3 is 15.0 Å². The molecule has 2 heterocycles. The van der Waals surface area contributed by atoms with E-state index in [1.54, 1.807) is 36.5 Å². The fourth-order valence-electron chi connectivity index (χ4n) is 3.44. The molecule has 0 aliphatic carbocycles. The fraction of sp³-hybridized carbons (Fsp3) is 0.174. The molecule has 4 rings (SSSR count). The van der Waals surface area contributed by atoms with Crippen molar-refractivity contribution in [3.05, 3.63) is 89.1 Å².